The van der Waals surface area contributed by atoms with Crippen LogP contribution in [0.5, 0.6) is 5.75 Å². The minimum atomic E-state index is -1.17. The van der Waals surface area contributed by atoms with Gasteiger partial charge in [-0.15, -0.1) is 0 Å². The average Bonchev–Trinajstić information content (AvgIpc) is 2.67. The molecule has 8 nitrogen and oxygen atoms in total. The van der Waals surface area contributed by atoms with Gasteiger partial charge in [0.2, 0.25) is 5.91 Å². The van der Waals surface area contributed by atoms with Gasteiger partial charge in [0.25, 0.3) is 5.91 Å². The van der Waals surface area contributed by atoms with Gasteiger partial charge in [-0.2, -0.15) is 0 Å². The Balaban J connectivity index is 3.41. The molecule has 3 amide bonds. The lowest BCUT2D eigenvalue weighted by molar-refractivity contribution is -0.140. The van der Waals surface area contributed by atoms with E-state index in [0.29, 0.717) is 12.0 Å². The summed E-state index contributed by atoms with van der Waals surface area (Å²) >= 11 is 0. The average molecular weight is 460 g/mol. The maximum Gasteiger partial charge on any atom is 0.408 e. The van der Waals surface area contributed by atoms with Gasteiger partial charge >= 0.3 is 6.09 Å². The molecule has 0 aromatic heterocycles. The number of nitrogens with one attached hydrogen (secondary N) is 2. The molecule has 1 aromatic rings. The molecule has 0 bridgehead atoms. The van der Waals surface area contributed by atoms with Crippen LogP contribution in [0.15, 0.2) is 24.3 Å². The van der Waals surface area contributed by atoms with Crippen LogP contribution in [-0.4, -0.2) is 45.1 Å². The topological polar surface area (TPSA) is 108 Å². The molecule has 0 aliphatic heterocycles. The summed E-state index contributed by atoms with van der Waals surface area (Å²) in [4.78, 5) is 40.3. The molecule has 0 heterocycles. The maximum atomic E-state index is 13.6. The first kappa shape index (κ1) is 27.8. The molecule has 0 saturated carbocycles. The number of alkyl carbamates (subject to hydrolysis) is 1. The predicted molar refractivity (Wildman–Crippen MR) is 127 cm³/mol. The van der Waals surface area contributed by atoms with Gasteiger partial charge in [0.1, 0.15) is 23.4 Å². The van der Waals surface area contributed by atoms with Crippen LogP contribution in [-0.2, 0) is 14.3 Å². The number of amides is 3. The van der Waals surface area contributed by atoms with E-state index in [2.05, 4.69) is 16.7 Å². The van der Waals surface area contributed by atoms with Gasteiger partial charge in [-0.3, -0.25) is 14.5 Å². The molecule has 1 rings (SSSR count). The van der Waals surface area contributed by atoms with Crippen molar-refractivity contribution < 1.29 is 24.2 Å². The zero-order valence-electron chi connectivity index (χ0n) is 20.9. The molecular formula is C25H37N3O5. The van der Waals surface area contributed by atoms with Crippen molar-refractivity contribution in [3.05, 3.63) is 29.8 Å². The van der Waals surface area contributed by atoms with E-state index < -0.39 is 41.1 Å². The largest absolute Gasteiger partial charge is 0.508 e. The van der Waals surface area contributed by atoms with Crippen molar-refractivity contribution in [1.82, 2.24) is 15.5 Å². The molecule has 3 N–H and O–H groups in total. The number of benzene rings is 1. The van der Waals surface area contributed by atoms with Crippen molar-refractivity contribution in [2.75, 3.05) is 0 Å². The number of carbonyl (C=O) groups is 3. The van der Waals surface area contributed by atoms with Crippen LogP contribution in [0.25, 0.3) is 0 Å². The van der Waals surface area contributed by atoms with E-state index in [4.69, 9.17) is 11.2 Å². The third kappa shape index (κ3) is 8.68. The molecule has 0 fully saturated rings. The Morgan fingerprint density at radius 2 is 1.67 bits per heavy atom. The van der Waals surface area contributed by atoms with E-state index in [1.165, 1.54) is 24.3 Å². The number of rotatable bonds is 7. The number of terminal acetylenes is 1. The fourth-order valence-corrected chi connectivity index (χ4v) is 3.05. The highest BCUT2D eigenvalue weighted by Gasteiger charge is 2.38. The first-order chi connectivity index (χ1) is 15.1. The van der Waals surface area contributed by atoms with Crippen LogP contribution >= 0.6 is 0 Å². The first-order valence-electron chi connectivity index (χ1n) is 11.0. The molecule has 1 aromatic carbocycles. The zero-order valence-corrected chi connectivity index (χ0v) is 20.9. The number of aromatic hydroxyl groups is 1. The lowest BCUT2D eigenvalue weighted by Gasteiger charge is -2.33. The van der Waals surface area contributed by atoms with E-state index in [-0.39, 0.29) is 11.7 Å². The summed E-state index contributed by atoms with van der Waals surface area (Å²) in [5.41, 5.74) is -0.915. The number of hydrogen-bond donors (Lipinski definition) is 3. The highest BCUT2D eigenvalue weighted by atomic mass is 16.6. The Morgan fingerprint density at radius 3 is 2.09 bits per heavy atom. The predicted octanol–water partition coefficient (Wildman–Crippen LogP) is 3.71. The molecule has 8 heteroatoms. The second kappa shape index (κ2) is 11.1. The second-order valence-electron chi connectivity index (χ2n) is 10.1. The Bertz CT molecular complexity index is 875. The molecule has 33 heavy (non-hydrogen) atoms. The smallest absolute Gasteiger partial charge is 0.408 e. The Morgan fingerprint density at radius 1 is 1.12 bits per heavy atom. The Labute approximate surface area is 197 Å². The van der Waals surface area contributed by atoms with E-state index >= 15 is 0 Å². The van der Waals surface area contributed by atoms with Crippen LogP contribution < -0.4 is 10.6 Å². The SMILES string of the molecule is C#CN(C(=O)C(NC(=O)OC(C)(C)C)C(C)CC)C(C(=O)NC(C)(C)C)c1ccc(O)cc1. The maximum absolute atomic E-state index is 13.6. The van der Waals surface area contributed by atoms with Gasteiger partial charge in [-0.1, -0.05) is 38.8 Å². The third-order valence-electron chi connectivity index (χ3n) is 4.74. The van der Waals surface area contributed by atoms with E-state index in [9.17, 15) is 19.5 Å². The third-order valence-corrected chi connectivity index (χ3v) is 4.74. The lowest BCUT2D eigenvalue weighted by atomic mass is 9.95. The highest BCUT2D eigenvalue weighted by molar-refractivity contribution is 5.93. The number of nitrogens with zero attached hydrogens (tertiary/aromatic N) is 1. The standard InChI is InChI=1S/C25H37N3O5/c1-10-16(3)19(26-23(32)33-25(7,8)9)22(31)28(11-2)20(21(30)27-24(4,5)6)17-12-14-18(29)15-13-17/h2,12-16,19-20,29H,10H2,1,3-9H3,(H,26,32)(H,27,30). The van der Waals surface area contributed by atoms with Crippen LogP contribution in [0.1, 0.15) is 73.4 Å². The van der Waals surface area contributed by atoms with Gasteiger partial charge in [0.15, 0.2) is 0 Å². The molecule has 0 aliphatic carbocycles. The van der Waals surface area contributed by atoms with Crippen molar-refractivity contribution in [1.29, 1.82) is 0 Å². The second-order valence-corrected chi connectivity index (χ2v) is 10.1. The summed E-state index contributed by atoms with van der Waals surface area (Å²) < 4.78 is 5.32. The summed E-state index contributed by atoms with van der Waals surface area (Å²) in [5, 5.41) is 15.1. The normalized spacial score (nSPS) is 14.3. The number of carbonyl (C=O) groups excluding carboxylic acids is 3. The molecule has 0 spiro atoms. The molecule has 3 unspecified atom stereocenters. The van der Waals surface area contributed by atoms with E-state index in [0.717, 1.165) is 4.90 Å². The summed E-state index contributed by atoms with van der Waals surface area (Å²) in [6, 6.07) is 6.03. The quantitative estimate of drug-likeness (QED) is 0.426. The van der Waals surface area contributed by atoms with Gasteiger partial charge in [0.05, 0.1) is 0 Å². The Kier molecular flexibility index (Phi) is 9.34. The van der Waals surface area contributed by atoms with E-state index in [1.807, 2.05) is 27.7 Å². The van der Waals surface area contributed by atoms with Gasteiger partial charge in [0, 0.05) is 11.6 Å². The van der Waals surface area contributed by atoms with Crippen molar-refractivity contribution in [2.24, 2.45) is 5.92 Å². The van der Waals surface area contributed by atoms with Crippen LogP contribution in [0.2, 0.25) is 0 Å². The molecule has 0 saturated heterocycles. The van der Waals surface area contributed by atoms with Gasteiger partial charge < -0.3 is 20.5 Å². The van der Waals surface area contributed by atoms with Crippen LogP contribution in [0.4, 0.5) is 4.79 Å². The van der Waals surface area contributed by atoms with Crippen molar-refractivity contribution in [3.8, 4) is 18.2 Å². The molecule has 0 aliphatic rings. The Hall–Kier alpha value is -3.21. The van der Waals surface area contributed by atoms with Crippen molar-refractivity contribution >= 4 is 17.9 Å². The fourth-order valence-electron chi connectivity index (χ4n) is 3.05. The number of phenolic OH excluding ortho intramolecular Hbond substituents is 1. The van der Waals surface area contributed by atoms with Crippen LogP contribution in [0, 0.1) is 18.4 Å². The zero-order chi connectivity index (χ0) is 25.6. The molecule has 182 valence electrons. The molecule has 3 atom stereocenters. The monoisotopic (exact) mass is 459 g/mol. The summed E-state index contributed by atoms with van der Waals surface area (Å²) in [6.45, 7) is 14.3. The summed E-state index contributed by atoms with van der Waals surface area (Å²) in [5.74, 6) is -1.37. The number of ether oxygens (including phenoxy) is 1. The number of hydrogen-bond acceptors (Lipinski definition) is 5. The summed E-state index contributed by atoms with van der Waals surface area (Å²) in [7, 11) is 0. The molecular weight excluding hydrogens is 422 g/mol. The van der Waals surface area contributed by atoms with E-state index in [1.54, 1.807) is 27.7 Å². The minimum Gasteiger partial charge on any atom is -0.508 e. The first-order valence-corrected chi connectivity index (χ1v) is 11.0. The fraction of sp³-hybridized carbons (Fsp3) is 0.560. The minimum absolute atomic E-state index is 0.0105. The number of phenols is 1. The van der Waals surface area contributed by atoms with Crippen molar-refractivity contribution in [3.63, 3.8) is 0 Å². The molecule has 0 radical (unpaired) electrons. The van der Waals surface area contributed by atoms with Gasteiger partial charge in [-0.05, 0) is 65.2 Å². The van der Waals surface area contributed by atoms with Gasteiger partial charge in [-0.25, -0.2) is 4.79 Å². The highest BCUT2D eigenvalue weighted by Crippen LogP contribution is 2.26. The van der Waals surface area contributed by atoms with Crippen molar-refractivity contribution in [2.45, 2.75) is 85.0 Å². The summed E-state index contributed by atoms with van der Waals surface area (Å²) in [6.07, 6.45) is 5.56. The van der Waals surface area contributed by atoms with Crippen LogP contribution in [0.3, 0.4) is 0 Å². The lowest BCUT2D eigenvalue weighted by Crippen LogP contribution is -2.55.